The molecule has 1 aliphatic carbocycles. The maximum Gasteiger partial charge on any atom is 0.435 e. The summed E-state index contributed by atoms with van der Waals surface area (Å²) in [4.78, 5) is 50.9. The summed E-state index contributed by atoms with van der Waals surface area (Å²) in [6, 6.07) is 4.75. The van der Waals surface area contributed by atoms with Crippen LogP contribution in [0.5, 0.6) is 0 Å². The number of pyridine rings is 1. The van der Waals surface area contributed by atoms with Crippen molar-refractivity contribution in [2.24, 2.45) is 5.92 Å². The fourth-order valence-corrected chi connectivity index (χ4v) is 8.33. The van der Waals surface area contributed by atoms with Crippen LogP contribution in [-0.4, -0.2) is 101 Å². The predicted octanol–water partition coefficient (Wildman–Crippen LogP) is 9.61. The van der Waals surface area contributed by atoms with E-state index >= 15 is 8.78 Å². The van der Waals surface area contributed by atoms with Gasteiger partial charge in [-0.25, -0.2) is 17.8 Å². The van der Waals surface area contributed by atoms with E-state index in [0.717, 1.165) is 32.4 Å². The molecule has 0 spiro atoms. The van der Waals surface area contributed by atoms with Crippen LogP contribution in [0.3, 0.4) is 0 Å². The predicted molar refractivity (Wildman–Crippen MR) is 259 cm³/mol. The molecule has 0 saturated heterocycles. The van der Waals surface area contributed by atoms with E-state index < -0.39 is 138 Å². The van der Waals surface area contributed by atoms with Crippen molar-refractivity contribution in [3.8, 4) is 11.1 Å². The average Bonchev–Trinajstić information content (AvgIpc) is 3.92. The monoisotopic (exact) mass is 1120 g/mol. The van der Waals surface area contributed by atoms with E-state index in [-0.39, 0.29) is 49.6 Å². The van der Waals surface area contributed by atoms with Crippen LogP contribution in [0.1, 0.15) is 81.0 Å². The highest BCUT2D eigenvalue weighted by atomic mass is 35.5. The molecule has 74 heavy (non-hydrogen) atoms. The number of aryl methyl sites for hydroxylation is 1. The lowest BCUT2D eigenvalue weighted by molar-refractivity contribution is -0.143. The minimum absolute atomic E-state index is 0.0920. The molecule has 4 N–H and O–H groups in total. The van der Waals surface area contributed by atoms with E-state index in [0.29, 0.717) is 19.8 Å². The summed E-state index contributed by atoms with van der Waals surface area (Å²) in [5.41, 5.74) is -4.28. The number of hydrogen-bond acceptors (Lipinski definition) is 10. The maximum absolute atomic E-state index is 15.4. The first-order chi connectivity index (χ1) is 34.4. The summed E-state index contributed by atoms with van der Waals surface area (Å²) in [5.74, 6) is -10.8. The summed E-state index contributed by atoms with van der Waals surface area (Å²) in [5, 5.41) is 27.4. The third-order valence-corrected chi connectivity index (χ3v) is 13.1. The van der Waals surface area contributed by atoms with Gasteiger partial charge in [0.05, 0.1) is 34.1 Å². The highest BCUT2D eigenvalue weighted by molar-refractivity contribution is 7.99. The van der Waals surface area contributed by atoms with E-state index in [1.54, 1.807) is 6.92 Å². The van der Waals surface area contributed by atoms with Crippen molar-refractivity contribution in [3.05, 3.63) is 93.0 Å². The number of carbonyl (C=O) groups is 4. The molecule has 0 aliphatic heterocycles. The molecule has 0 saturated carbocycles. The topological polar surface area (TPSA) is 202 Å². The SMILES string of the molecule is C=O.CCc1ccc(-c2ccc(Cl)c3c(N(C(=O)NCCC(=O)O)S(C)=O)nn(CC(F)(F)F)c23)c(C(Cc2cc(F)cc(F)c2)NC(=O)Cn2nc(C(F)(F)F)c3c2C(F)(F)[C@H](C)C3)n1.CO.CSC(C)(C)C. The van der Waals surface area contributed by atoms with Crippen molar-refractivity contribution in [3.63, 3.8) is 0 Å². The number of aromatic nitrogens is 5. The number of hydrogen-bond donors (Lipinski definition) is 4. The molecule has 408 valence electrons. The second-order valence-corrected chi connectivity index (χ2v) is 20.3. The molecule has 3 atom stereocenters. The molecule has 3 aromatic heterocycles. The molecule has 2 aromatic carbocycles. The Kier molecular flexibility index (Phi) is 21.6. The first-order valence-electron chi connectivity index (χ1n) is 21.8. The normalized spacial score (nSPS) is 14.8. The Morgan fingerprint density at radius 2 is 1.57 bits per heavy atom. The smallest absolute Gasteiger partial charge is 0.435 e. The summed E-state index contributed by atoms with van der Waals surface area (Å²) < 4.78 is 159. The Bertz CT molecular complexity index is 2800. The van der Waals surface area contributed by atoms with Crippen LogP contribution < -0.4 is 14.9 Å². The number of carbonyl (C=O) groups excluding carboxylic acids is 3. The average molecular weight is 1120 g/mol. The van der Waals surface area contributed by atoms with Gasteiger partial charge in [0, 0.05) is 59.0 Å². The molecule has 0 bridgehead atoms. The van der Waals surface area contributed by atoms with Crippen LogP contribution in [0.25, 0.3) is 22.0 Å². The number of thioether (sulfide) groups is 1. The maximum atomic E-state index is 15.4. The number of anilines is 1. The number of amides is 3. The first-order valence-corrected chi connectivity index (χ1v) is 25.0. The van der Waals surface area contributed by atoms with Crippen LogP contribution >= 0.6 is 23.4 Å². The van der Waals surface area contributed by atoms with Gasteiger partial charge in [-0.3, -0.25) is 23.9 Å². The molecular weight excluding hydrogens is 1070 g/mol. The van der Waals surface area contributed by atoms with Gasteiger partial charge >= 0.3 is 24.4 Å². The minimum Gasteiger partial charge on any atom is -0.481 e. The number of alkyl halides is 8. The number of aliphatic hydroxyl groups is 1. The van der Waals surface area contributed by atoms with Crippen molar-refractivity contribution in [2.75, 3.05) is 30.5 Å². The quantitative estimate of drug-likeness (QED) is 0.0772. The Morgan fingerprint density at radius 3 is 2.08 bits per heavy atom. The van der Waals surface area contributed by atoms with Crippen molar-refractivity contribution in [1.82, 2.24) is 35.2 Å². The minimum atomic E-state index is -5.18. The van der Waals surface area contributed by atoms with Gasteiger partial charge in [0.15, 0.2) is 11.5 Å². The zero-order valence-electron chi connectivity index (χ0n) is 40.9. The Balaban J connectivity index is 0.00000133. The largest absolute Gasteiger partial charge is 0.481 e. The highest BCUT2D eigenvalue weighted by Gasteiger charge is 2.54. The summed E-state index contributed by atoms with van der Waals surface area (Å²) in [7, 11) is -1.38. The molecule has 3 heterocycles. The molecule has 15 nitrogen and oxygen atoms in total. The fraction of sp³-hybridized carbons (Fsp3) is 0.457. The van der Waals surface area contributed by atoms with Gasteiger partial charge in [-0.15, -0.1) is 0 Å². The van der Waals surface area contributed by atoms with Gasteiger partial charge in [-0.2, -0.15) is 61.4 Å². The number of rotatable bonds is 14. The number of carboxylic acid groups (broad SMARTS) is 1. The summed E-state index contributed by atoms with van der Waals surface area (Å²) in [6.07, 6.45) is -8.71. The van der Waals surface area contributed by atoms with E-state index in [4.69, 9.17) is 26.6 Å². The standard InChI is InChI=1S/C39H35ClF10N8O5S.C5H12S.CH4O.CH2O/c1-4-22-5-6-23(24-7-8-26(40)30-32(24)57(17-37(43,44)45)55-35(30)58(64(3)63)36(62)51-10-9-29(60)61)31(52-22)27(14-19-12-20(41)15-21(42)13-19)53-28(59)16-56-34-25(11-18(2)38(34,46)47)33(54-56)39(48,49)50;1-5(2,3)6-4;2*1-2/h5-8,12-13,15,18,27H,4,9-11,14,16-17H2,1-3H3,(H,51,62)(H,53,59)(H,60,61);1-4H3;2H,1H3;1H2/t18-,27?,64?;;;/m1.../s1. The lowest BCUT2D eigenvalue weighted by Gasteiger charge is -2.24. The van der Waals surface area contributed by atoms with Gasteiger partial charge < -0.3 is 25.6 Å². The van der Waals surface area contributed by atoms with Crippen molar-refractivity contribution in [1.29, 1.82) is 0 Å². The summed E-state index contributed by atoms with van der Waals surface area (Å²) >= 11 is 8.47. The number of urea groups is 1. The Labute approximate surface area is 430 Å². The molecule has 28 heteroatoms. The molecule has 0 fully saturated rings. The molecule has 6 rings (SSSR count). The van der Waals surface area contributed by atoms with Crippen LogP contribution in [0, 0.1) is 17.6 Å². The Hall–Kier alpha value is -5.80. The molecule has 0 radical (unpaired) electrons. The van der Waals surface area contributed by atoms with Crippen molar-refractivity contribution < 1.29 is 77.5 Å². The lowest BCUT2D eigenvalue weighted by atomic mass is 9.93. The number of aliphatic carboxylic acids is 1. The van der Waals surface area contributed by atoms with Gasteiger partial charge in [0.25, 0.3) is 5.92 Å². The number of carboxylic acids is 1. The van der Waals surface area contributed by atoms with Crippen LogP contribution in [-0.2, 0) is 69.8 Å². The van der Waals surface area contributed by atoms with Crippen molar-refractivity contribution in [2.45, 2.75) is 102 Å². The number of nitrogens with zero attached hydrogens (tertiary/aromatic N) is 6. The first kappa shape index (κ1) is 62.5. The molecule has 3 amide bonds. The van der Waals surface area contributed by atoms with Crippen LogP contribution in [0.4, 0.5) is 54.5 Å². The number of fused-ring (bicyclic) bond motifs is 2. The van der Waals surface area contributed by atoms with Crippen LogP contribution in [0.15, 0.2) is 42.5 Å². The number of nitrogens with one attached hydrogen (secondary N) is 2. The molecule has 1 aliphatic rings. The van der Waals surface area contributed by atoms with E-state index in [1.165, 1.54) is 24.3 Å². The van der Waals surface area contributed by atoms with Crippen LogP contribution in [0.2, 0.25) is 5.02 Å². The molecule has 2 unspecified atom stereocenters. The second-order valence-electron chi connectivity index (χ2n) is 17.1. The number of benzene rings is 2. The number of aliphatic hydroxyl groups excluding tert-OH is 1. The van der Waals surface area contributed by atoms with Gasteiger partial charge in [-0.05, 0) is 55.3 Å². The fourth-order valence-electron chi connectivity index (χ4n) is 7.43. The van der Waals surface area contributed by atoms with E-state index in [9.17, 15) is 53.7 Å². The van der Waals surface area contributed by atoms with Gasteiger partial charge in [-0.1, -0.05) is 58.4 Å². The van der Waals surface area contributed by atoms with E-state index in [2.05, 4.69) is 52.8 Å². The Morgan fingerprint density at radius 1 is 0.986 bits per heavy atom. The second kappa shape index (κ2) is 25.6. The highest BCUT2D eigenvalue weighted by Crippen LogP contribution is 2.50. The van der Waals surface area contributed by atoms with Gasteiger partial charge in [0.1, 0.15) is 48.2 Å². The summed E-state index contributed by atoms with van der Waals surface area (Å²) in [6.45, 7) is 7.76. The zero-order valence-corrected chi connectivity index (χ0v) is 43.3. The lowest BCUT2D eigenvalue weighted by Crippen LogP contribution is -2.42. The van der Waals surface area contributed by atoms with E-state index in [1.807, 2.05) is 18.6 Å². The number of halogens is 11. The molecular formula is C46H53ClF10N8O7S2. The van der Waals surface area contributed by atoms with Gasteiger partial charge in [0.2, 0.25) is 5.91 Å². The third kappa shape index (κ3) is 15.6. The zero-order chi connectivity index (χ0) is 56.4. The molecule has 5 aromatic rings. The van der Waals surface area contributed by atoms with Crippen molar-refractivity contribution >= 4 is 75.8 Å². The third-order valence-electron chi connectivity index (χ3n) is 10.7.